The van der Waals surface area contributed by atoms with E-state index in [9.17, 15) is 9.90 Å². The van der Waals surface area contributed by atoms with Crippen LogP contribution < -0.4 is 11.1 Å². The fourth-order valence-electron chi connectivity index (χ4n) is 2.93. The van der Waals surface area contributed by atoms with Crippen molar-refractivity contribution in [2.75, 3.05) is 12.3 Å². The molecule has 1 aliphatic rings. The summed E-state index contributed by atoms with van der Waals surface area (Å²) < 4.78 is 0. The van der Waals surface area contributed by atoms with Crippen molar-refractivity contribution in [3.63, 3.8) is 0 Å². The molecule has 1 aliphatic carbocycles. The first-order valence-corrected chi connectivity index (χ1v) is 7.82. The molecule has 1 aromatic rings. The van der Waals surface area contributed by atoms with E-state index < -0.39 is 0 Å². The Bertz CT molecular complexity index is 490. The van der Waals surface area contributed by atoms with Crippen molar-refractivity contribution < 1.29 is 9.90 Å². The summed E-state index contributed by atoms with van der Waals surface area (Å²) in [6.07, 6.45) is 7.85. The zero-order valence-corrected chi connectivity index (χ0v) is 12.8. The van der Waals surface area contributed by atoms with Gasteiger partial charge in [-0.2, -0.15) is 0 Å². The van der Waals surface area contributed by atoms with Gasteiger partial charge in [-0.3, -0.25) is 4.79 Å². The molecule has 116 valence electrons. The Balaban J connectivity index is 2.04. The molecular formula is C15H22ClN3O2. The predicted molar refractivity (Wildman–Crippen MR) is 83.2 cm³/mol. The Morgan fingerprint density at radius 1 is 1.48 bits per heavy atom. The minimum absolute atomic E-state index is 0.000807. The van der Waals surface area contributed by atoms with E-state index in [1.54, 1.807) is 0 Å². The highest BCUT2D eigenvalue weighted by Gasteiger charge is 2.25. The van der Waals surface area contributed by atoms with Gasteiger partial charge in [-0.1, -0.05) is 30.9 Å². The number of nitrogens with one attached hydrogen (secondary N) is 1. The van der Waals surface area contributed by atoms with Crippen LogP contribution in [0.15, 0.2) is 12.3 Å². The molecule has 1 atom stereocenters. The molecule has 0 aliphatic heterocycles. The summed E-state index contributed by atoms with van der Waals surface area (Å²) in [5, 5.41) is 12.5. The fraction of sp³-hybridized carbons (Fsp3) is 0.600. The fourth-order valence-corrected chi connectivity index (χ4v) is 3.09. The Kier molecular flexibility index (Phi) is 5.82. The van der Waals surface area contributed by atoms with Gasteiger partial charge in [0.1, 0.15) is 5.82 Å². The number of amides is 1. The topological polar surface area (TPSA) is 88.2 Å². The maximum absolute atomic E-state index is 12.3. The van der Waals surface area contributed by atoms with Crippen LogP contribution >= 0.6 is 11.6 Å². The molecule has 0 bridgehead atoms. The number of nitrogens with zero attached hydrogens (tertiary/aromatic N) is 1. The Hall–Kier alpha value is -1.33. The minimum atomic E-state index is -0.214. The highest BCUT2D eigenvalue weighted by Crippen LogP contribution is 2.28. The van der Waals surface area contributed by atoms with Crippen molar-refractivity contribution in [3.05, 3.63) is 22.8 Å². The number of carbonyl (C=O) groups excluding carboxylic acids is 1. The Morgan fingerprint density at radius 3 is 2.81 bits per heavy atom. The summed E-state index contributed by atoms with van der Waals surface area (Å²) in [5.74, 6) is 0.438. The molecule has 1 saturated carbocycles. The van der Waals surface area contributed by atoms with Crippen LogP contribution in [0.3, 0.4) is 0 Å². The molecule has 0 saturated heterocycles. The molecule has 1 unspecified atom stereocenters. The van der Waals surface area contributed by atoms with Crippen LogP contribution in [0.5, 0.6) is 0 Å². The van der Waals surface area contributed by atoms with Crippen molar-refractivity contribution in [1.82, 2.24) is 10.3 Å². The number of aliphatic hydroxyl groups excluding tert-OH is 1. The van der Waals surface area contributed by atoms with E-state index in [-0.39, 0.29) is 29.4 Å². The number of nitrogens with two attached hydrogens (primary N) is 1. The molecule has 6 heteroatoms. The summed E-state index contributed by atoms with van der Waals surface area (Å²) in [4.78, 5) is 16.2. The summed E-state index contributed by atoms with van der Waals surface area (Å²) in [5.41, 5.74) is 5.94. The summed E-state index contributed by atoms with van der Waals surface area (Å²) >= 11 is 5.90. The van der Waals surface area contributed by atoms with E-state index in [1.807, 2.05) is 0 Å². The van der Waals surface area contributed by atoms with Gasteiger partial charge < -0.3 is 16.2 Å². The molecule has 1 fully saturated rings. The zero-order valence-electron chi connectivity index (χ0n) is 12.0. The van der Waals surface area contributed by atoms with Crippen LogP contribution in [-0.2, 0) is 0 Å². The number of nitrogen functional groups attached to an aromatic ring is 1. The number of carbonyl (C=O) groups is 1. The average Bonchev–Trinajstić information content (AvgIpc) is 2.50. The number of rotatable bonds is 5. The maximum Gasteiger partial charge on any atom is 0.253 e. The average molecular weight is 312 g/mol. The molecule has 1 aromatic heterocycles. The van der Waals surface area contributed by atoms with Gasteiger partial charge in [0.15, 0.2) is 0 Å². The van der Waals surface area contributed by atoms with Gasteiger partial charge in [0.05, 0.1) is 10.6 Å². The largest absolute Gasteiger partial charge is 0.396 e. The van der Waals surface area contributed by atoms with Crippen molar-refractivity contribution in [2.45, 2.75) is 44.6 Å². The number of hydrogen-bond donors (Lipinski definition) is 3. The first-order chi connectivity index (χ1) is 10.1. The van der Waals surface area contributed by atoms with Gasteiger partial charge in [-0.15, -0.1) is 0 Å². The molecule has 4 N–H and O–H groups in total. The number of aromatic nitrogens is 1. The van der Waals surface area contributed by atoms with E-state index >= 15 is 0 Å². The normalized spacial score (nSPS) is 17.4. The third-order valence-corrected chi connectivity index (χ3v) is 4.41. The molecule has 21 heavy (non-hydrogen) atoms. The maximum atomic E-state index is 12.3. The summed E-state index contributed by atoms with van der Waals surface area (Å²) in [6, 6.07) is 1.52. The smallest absolute Gasteiger partial charge is 0.253 e. The van der Waals surface area contributed by atoms with Crippen LogP contribution in [0.4, 0.5) is 5.82 Å². The SMILES string of the molecule is Nc1ncc(C(=O)NC(CCO)C2CCCCC2)cc1Cl. The lowest BCUT2D eigenvalue weighted by Gasteiger charge is -2.30. The number of anilines is 1. The first kappa shape index (κ1) is 16.0. The molecule has 0 spiro atoms. The molecule has 0 aromatic carbocycles. The van der Waals surface area contributed by atoms with Crippen LogP contribution in [0.2, 0.25) is 5.02 Å². The van der Waals surface area contributed by atoms with E-state index in [0.29, 0.717) is 17.9 Å². The van der Waals surface area contributed by atoms with Crippen molar-refractivity contribution in [1.29, 1.82) is 0 Å². The van der Waals surface area contributed by atoms with Crippen molar-refractivity contribution >= 4 is 23.3 Å². The number of halogens is 1. The second-order valence-electron chi connectivity index (χ2n) is 5.58. The zero-order chi connectivity index (χ0) is 15.2. The summed E-state index contributed by atoms with van der Waals surface area (Å²) in [7, 11) is 0. The second kappa shape index (κ2) is 7.61. The monoisotopic (exact) mass is 311 g/mol. The highest BCUT2D eigenvalue weighted by atomic mass is 35.5. The van der Waals surface area contributed by atoms with Gasteiger partial charge in [-0.25, -0.2) is 4.98 Å². The Morgan fingerprint density at radius 2 is 2.19 bits per heavy atom. The number of aliphatic hydroxyl groups is 1. The van der Waals surface area contributed by atoms with Crippen molar-refractivity contribution in [3.8, 4) is 0 Å². The van der Waals surface area contributed by atoms with Gasteiger partial charge in [0.2, 0.25) is 0 Å². The molecule has 1 heterocycles. The molecule has 1 amide bonds. The third-order valence-electron chi connectivity index (χ3n) is 4.11. The van der Waals surface area contributed by atoms with Crippen molar-refractivity contribution in [2.24, 2.45) is 5.92 Å². The van der Waals surface area contributed by atoms with E-state index in [4.69, 9.17) is 17.3 Å². The van der Waals surface area contributed by atoms with E-state index in [1.165, 1.54) is 31.5 Å². The lowest BCUT2D eigenvalue weighted by Crippen LogP contribution is -2.41. The van der Waals surface area contributed by atoms with E-state index in [0.717, 1.165) is 12.8 Å². The number of pyridine rings is 1. The quantitative estimate of drug-likeness (QED) is 0.779. The standard InChI is InChI=1S/C15H22ClN3O2/c16-12-8-11(9-18-14(12)17)15(21)19-13(6-7-20)10-4-2-1-3-5-10/h8-10,13,20H,1-7H2,(H2,17,18)(H,19,21). The second-order valence-corrected chi connectivity index (χ2v) is 5.99. The third kappa shape index (κ3) is 4.32. The van der Waals surface area contributed by atoms with Crippen LogP contribution in [0.25, 0.3) is 0 Å². The Labute approximate surface area is 129 Å². The van der Waals surface area contributed by atoms with Gasteiger partial charge in [-0.05, 0) is 31.2 Å². The molecule has 5 nitrogen and oxygen atoms in total. The molecule has 2 rings (SSSR count). The van der Waals surface area contributed by atoms with Gasteiger partial charge in [0.25, 0.3) is 5.91 Å². The van der Waals surface area contributed by atoms with Gasteiger partial charge >= 0.3 is 0 Å². The first-order valence-electron chi connectivity index (χ1n) is 7.44. The van der Waals surface area contributed by atoms with Crippen LogP contribution in [0, 0.1) is 5.92 Å². The lowest BCUT2D eigenvalue weighted by atomic mass is 9.82. The predicted octanol–water partition coefficient (Wildman–Crippen LogP) is 2.38. The van der Waals surface area contributed by atoms with E-state index in [2.05, 4.69) is 10.3 Å². The molecule has 0 radical (unpaired) electrons. The lowest BCUT2D eigenvalue weighted by molar-refractivity contribution is 0.0899. The highest BCUT2D eigenvalue weighted by molar-refractivity contribution is 6.33. The summed E-state index contributed by atoms with van der Waals surface area (Å²) in [6.45, 7) is 0.0716. The number of hydrogen-bond acceptors (Lipinski definition) is 4. The van der Waals surface area contributed by atoms with Crippen LogP contribution in [0.1, 0.15) is 48.9 Å². The minimum Gasteiger partial charge on any atom is -0.396 e. The van der Waals surface area contributed by atoms with Gasteiger partial charge in [0, 0.05) is 18.8 Å². The molecular weight excluding hydrogens is 290 g/mol. The van der Waals surface area contributed by atoms with Crippen LogP contribution in [-0.4, -0.2) is 28.6 Å².